The largest absolute Gasteiger partial charge is 0.493 e. The van der Waals surface area contributed by atoms with Crippen LogP contribution < -0.4 is 4.74 Å². The molecular weight excluding hydrogens is 338 g/mol. The van der Waals surface area contributed by atoms with Crippen LogP contribution in [-0.4, -0.2) is 29.0 Å². The minimum atomic E-state index is -0.576. The van der Waals surface area contributed by atoms with Gasteiger partial charge in [0.2, 0.25) is 0 Å². The molecule has 0 fully saturated rings. The highest BCUT2D eigenvalue weighted by molar-refractivity contribution is 6.17. The lowest BCUT2D eigenvalue weighted by Crippen LogP contribution is -2.24. The van der Waals surface area contributed by atoms with Gasteiger partial charge in [-0.3, -0.25) is 0 Å². The molecule has 0 aliphatic rings. The third-order valence-corrected chi connectivity index (χ3v) is 3.78. The average molecular weight is 362 g/mol. The molecule has 0 amide bonds. The van der Waals surface area contributed by atoms with Crippen molar-refractivity contribution in [2.75, 3.05) is 12.5 Å². The van der Waals surface area contributed by atoms with E-state index in [0.717, 1.165) is 28.9 Å². The predicted molar refractivity (Wildman–Crippen MR) is 100 cm³/mol. The third kappa shape index (κ3) is 5.20. The summed E-state index contributed by atoms with van der Waals surface area (Å²) < 4.78 is 11.3. The number of alkyl halides is 1. The van der Waals surface area contributed by atoms with Gasteiger partial charge in [-0.25, -0.2) is 9.78 Å². The van der Waals surface area contributed by atoms with Gasteiger partial charge in [-0.1, -0.05) is 18.2 Å². The van der Waals surface area contributed by atoms with E-state index < -0.39 is 11.6 Å². The molecule has 25 heavy (non-hydrogen) atoms. The maximum absolute atomic E-state index is 12.5. The van der Waals surface area contributed by atoms with Crippen molar-refractivity contribution in [2.45, 2.75) is 39.7 Å². The lowest BCUT2D eigenvalue weighted by Gasteiger charge is -2.20. The molecule has 2 rings (SSSR count). The van der Waals surface area contributed by atoms with Crippen LogP contribution in [0, 0.1) is 6.92 Å². The van der Waals surface area contributed by atoms with E-state index in [1.165, 1.54) is 0 Å². The predicted octanol–water partition coefficient (Wildman–Crippen LogP) is 5.02. The van der Waals surface area contributed by atoms with Gasteiger partial charge in [0.25, 0.3) is 0 Å². The first kappa shape index (κ1) is 19.3. The second-order valence-electron chi connectivity index (χ2n) is 6.72. The van der Waals surface area contributed by atoms with Crippen molar-refractivity contribution >= 4 is 17.6 Å². The van der Waals surface area contributed by atoms with Crippen molar-refractivity contribution in [2.24, 2.45) is 0 Å². The Balaban J connectivity index is 2.39. The second kappa shape index (κ2) is 8.34. The van der Waals surface area contributed by atoms with Crippen LogP contribution in [0.3, 0.4) is 0 Å². The van der Waals surface area contributed by atoms with Crippen molar-refractivity contribution in [1.82, 2.24) is 4.98 Å². The summed E-state index contributed by atoms with van der Waals surface area (Å²) in [7, 11) is 0. The fourth-order valence-electron chi connectivity index (χ4n) is 2.41. The molecule has 0 radical (unpaired) electrons. The Bertz CT molecular complexity index is 738. The molecule has 0 N–H and O–H groups in total. The van der Waals surface area contributed by atoms with Gasteiger partial charge in [-0.15, -0.1) is 11.6 Å². The van der Waals surface area contributed by atoms with Crippen molar-refractivity contribution in [3.63, 3.8) is 0 Å². The van der Waals surface area contributed by atoms with Crippen LogP contribution in [0.4, 0.5) is 0 Å². The monoisotopic (exact) mass is 361 g/mol. The Morgan fingerprint density at radius 1 is 1.16 bits per heavy atom. The minimum absolute atomic E-state index is 0.304. The highest BCUT2D eigenvalue weighted by atomic mass is 35.5. The summed E-state index contributed by atoms with van der Waals surface area (Å²) in [6.07, 6.45) is 2.38. The lowest BCUT2D eigenvalue weighted by molar-refractivity contribution is 0.00638. The summed E-state index contributed by atoms with van der Waals surface area (Å²) in [5, 5.41) is 0. The Morgan fingerprint density at radius 2 is 1.88 bits per heavy atom. The van der Waals surface area contributed by atoms with Gasteiger partial charge in [-0.2, -0.15) is 0 Å². The van der Waals surface area contributed by atoms with Gasteiger partial charge >= 0.3 is 5.97 Å². The quantitative estimate of drug-likeness (QED) is 0.411. The van der Waals surface area contributed by atoms with Gasteiger partial charge in [0, 0.05) is 17.6 Å². The van der Waals surface area contributed by atoms with E-state index in [0.29, 0.717) is 18.2 Å². The minimum Gasteiger partial charge on any atom is -0.493 e. The fraction of sp³-hybridized carbons (Fsp3) is 0.400. The molecule has 1 aromatic heterocycles. The van der Waals surface area contributed by atoms with Crippen LogP contribution in [0.25, 0.3) is 11.1 Å². The molecule has 4 nitrogen and oxygen atoms in total. The third-order valence-electron chi connectivity index (χ3n) is 3.51. The highest BCUT2D eigenvalue weighted by Gasteiger charge is 2.23. The molecule has 0 saturated heterocycles. The summed E-state index contributed by atoms with van der Waals surface area (Å²) >= 11 is 5.70. The number of halogens is 1. The SMILES string of the molecule is Cc1c(OCCCCl)cccc1-c1cccnc1C(=O)OC(C)(C)C. The van der Waals surface area contributed by atoms with Crippen LogP contribution in [0.2, 0.25) is 0 Å². The van der Waals surface area contributed by atoms with Crippen LogP contribution in [0.5, 0.6) is 5.75 Å². The second-order valence-corrected chi connectivity index (χ2v) is 7.10. The lowest BCUT2D eigenvalue weighted by atomic mass is 9.98. The van der Waals surface area contributed by atoms with Crippen molar-refractivity contribution < 1.29 is 14.3 Å². The Labute approximate surface area is 154 Å². The van der Waals surface area contributed by atoms with Gasteiger partial charge in [0.1, 0.15) is 11.4 Å². The fourth-order valence-corrected chi connectivity index (χ4v) is 2.52. The molecular formula is C20H24ClNO3. The number of aromatic nitrogens is 1. The van der Waals surface area contributed by atoms with Crippen LogP contribution in [-0.2, 0) is 4.74 Å². The van der Waals surface area contributed by atoms with E-state index in [4.69, 9.17) is 21.1 Å². The zero-order chi connectivity index (χ0) is 18.4. The molecule has 0 bridgehead atoms. The topological polar surface area (TPSA) is 48.4 Å². The number of rotatable bonds is 6. The number of benzene rings is 1. The molecule has 1 heterocycles. The van der Waals surface area contributed by atoms with E-state index in [9.17, 15) is 4.79 Å². The number of hydrogen-bond acceptors (Lipinski definition) is 4. The molecule has 0 atom stereocenters. The number of nitrogens with zero attached hydrogens (tertiary/aromatic N) is 1. The smallest absolute Gasteiger partial charge is 0.358 e. The van der Waals surface area contributed by atoms with E-state index in [1.54, 1.807) is 6.20 Å². The number of pyridine rings is 1. The van der Waals surface area contributed by atoms with Crippen LogP contribution in [0.1, 0.15) is 43.2 Å². The van der Waals surface area contributed by atoms with Gasteiger partial charge in [0.15, 0.2) is 5.69 Å². The number of esters is 1. The Kier molecular flexibility index (Phi) is 6.43. The van der Waals surface area contributed by atoms with Crippen LogP contribution >= 0.6 is 11.6 Å². The van der Waals surface area contributed by atoms with E-state index >= 15 is 0 Å². The summed E-state index contributed by atoms with van der Waals surface area (Å²) in [6, 6.07) is 9.45. The number of carbonyl (C=O) groups is 1. The molecule has 0 unspecified atom stereocenters. The molecule has 1 aromatic carbocycles. The molecule has 0 spiro atoms. The van der Waals surface area contributed by atoms with E-state index in [2.05, 4.69) is 4.98 Å². The number of hydrogen-bond donors (Lipinski definition) is 0. The maximum Gasteiger partial charge on any atom is 0.358 e. The van der Waals surface area contributed by atoms with Crippen molar-refractivity contribution in [3.8, 4) is 16.9 Å². The molecule has 0 saturated carbocycles. The summed E-state index contributed by atoms with van der Waals surface area (Å²) in [5.41, 5.74) is 2.32. The summed E-state index contributed by atoms with van der Waals surface area (Å²) in [5.74, 6) is 0.905. The summed E-state index contributed by atoms with van der Waals surface area (Å²) in [4.78, 5) is 16.8. The van der Waals surface area contributed by atoms with Crippen LogP contribution in [0.15, 0.2) is 36.5 Å². The van der Waals surface area contributed by atoms with Crippen molar-refractivity contribution in [1.29, 1.82) is 0 Å². The van der Waals surface area contributed by atoms with Gasteiger partial charge in [-0.05, 0) is 57.4 Å². The highest BCUT2D eigenvalue weighted by Crippen LogP contribution is 2.32. The molecule has 0 aliphatic heterocycles. The molecule has 0 aliphatic carbocycles. The molecule has 2 aromatic rings. The van der Waals surface area contributed by atoms with E-state index in [-0.39, 0.29) is 0 Å². The normalized spacial score (nSPS) is 11.2. The van der Waals surface area contributed by atoms with E-state index in [1.807, 2.05) is 58.0 Å². The average Bonchev–Trinajstić information content (AvgIpc) is 2.55. The number of carbonyl (C=O) groups excluding carboxylic acids is 1. The first-order valence-corrected chi connectivity index (χ1v) is 8.84. The molecule has 5 heteroatoms. The molecule has 134 valence electrons. The Hall–Kier alpha value is -2.07. The zero-order valence-corrected chi connectivity index (χ0v) is 15.9. The maximum atomic E-state index is 12.5. The van der Waals surface area contributed by atoms with Crippen molar-refractivity contribution in [3.05, 3.63) is 47.8 Å². The van der Waals surface area contributed by atoms with Gasteiger partial charge in [0.05, 0.1) is 6.61 Å². The summed E-state index contributed by atoms with van der Waals surface area (Å²) in [6.45, 7) is 8.04. The first-order valence-electron chi connectivity index (χ1n) is 8.30. The number of ether oxygens (including phenoxy) is 2. The first-order chi connectivity index (χ1) is 11.8. The van der Waals surface area contributed by atoms with Gasteiger partial charge < -0.3 is 9.47 Å². The Morgan fingerprint density at radius 3 is 2.56 bits per heavy atom. The zero-order valence-electron chi connectivity index (χ0n) is 15.1. The standard InChI is InChI=1S/C20H24ClNO3/c1-14-15(8-5-10-17(14)24-13-7-11-21)16-9-6-12-22-18(16)19(23)25-20(2,3)4/h5-6,8-10,12H,7,11,13H2,1-4H3.